The van der Waals surface area contributed by atoms with Crippen LogP contribution < -0.4 is 5.32 Å². The van der Waals surface area contributed by atoms with E-state index >= 15 is 0 Å². The van der Waals surface area contributed by atoms with E-state index in [9.17, 15) is 9.90 Å². The summed E-state index contributed by atoms with van der Waals surface area (Å²) in [6.45, 7) is 3.93. The molecule has 2 amide bonds. The van der Waals surface area contributed by atoms with Gasteiger partial charge in [-0.05, 0) is 37.3 Å². The average Bonchev–Trinajstić information content (AvgIpc) is 2.97. The van der Waals surface area contributed by atoms with Gasteiger partial charge in [0.15, 0.2) is 0 Å². The number of nitrogens with zero attached hydrogens (tertiary/aromatic N) is 2. The van der Waals surface area contributed by atoms with E-state index in [-0.39, 0.29) is 18.6 Å². The van der Waals surface area contributed by atoms with Crippen LogP contribution in [0.15, 0.2) is 18.2 Å². The summed E-state index contributed by atoms with van der Waals surface area (Å²) < 4.78 is 0. The fourth-order valence-corrected chi connectivity index (χ4v) is 2.98. The SMILES string of the molecule is Cc1cccc2[nH]c(CNC(=O)N3CCCC(CO)C3)nc12. The third-order valence-electron chi connectivity index (χ3n) is 4.23. The third kappa shape index (κ3) is 3.06. The molecule has 1 saturated heterocycles. The Morgan fingerprint density at radius 2 is 2.41 bits per heavy atom. The number of aryl methyl sites for hydroxylation is 1. The predicted molar refractivity (Wildman–Crippen MR) is 84.4 cm³/mol. The lowest BCUT2D eigenvalue weighted by atomic mass is 9.99. The number of H-pyrrole nitrogens is 1. The Morgan fingerprint density at radius 1 is 1.55 bits per heavy atom. The van der Waals surface area contributed by atoms with Crippen molar-refractivity contribution >= 4 is 17.1 Å². The fourth-order valence-electron chi connectivity index (χ4n) is 2.98. The van der Waals surface area contributed by atoms with Crippen molar-refractivity contribution in [1.29, 1.82) is 0 Å². The highest BCUT2D eigenvalue weighted by atomic mass is 16.3. The maximum atomic E-state index is 12.2. The Bertz CT molecular complexity index is 667. The molecule has 6 nitrogen and oxygen atoms in total. The molecule has 1 aromatic heterocycles. The van der Waals surface area contributed by atoms with Gasteiger partial charge in [-0.3, -0.25) is 0 Å². The van der Waals surface area contributed by atoms with Crippen molar-refractivity contribution in [2.24, 2.45) is 5.92 Å². The number of carbonyl (C=O) groups excluding carboxylic acids is 1. The number of para-hydroxylation sites is 1. The van der Waals surface area contributed by atoms with Gasteiger partial charge in [0.2, 0.25) is 0 Å². The number of benzene rings is 1. The first kappa shape index (κ1) is 14.8. The quantitative estimate of drug-likeness (QED) is 0.808. The second-order valence-electron chi connectivity index (χ2n) is 5.95. The molecule has 2 aromatic rings. The molecule has 118 valence electrons. The molecular formula is C16H22N4O2. The molecule has 3 rings (SSSR count). The minimum absolute atomic E-state index is 0.0877. The van der Waals surface area contributed by atoms with Crippen molar-refractivity contribution in [3.63, 3.8) is 0 Å². The van der Waals surface area contributed by atoms with Gasteiger partial charge in [-0.2, -0.15) is 0 Å². The second-order valence-corrected chi connectivity index (χ2v) is 5.95. The molecule has 22 heavy (non-hydrogen) atoms. The minimum Gasteiger partial charge on any atom is -0.396 e. The van der Waals surface area contributed by atoms with E-state index in [1.807, 2.05) is 25.1 Å². The van der Waals surface area contributed by atoms with E-state index in [1.165, 1.54) is 0 Å². The average molecular weight is 302 g/mol. The van der Waals surface area contributed by atoms with Gasteiger partial charge in [-0.15, -0.1) is 0 Å². The highest BCUT2D eigenvalue weighted by molar-refractivity contribution is 5.79. The smallest absolute Gasteiger partial charge is 0.317 e. The topological polar surface area (TPSA) is 81.2 Å². The summed E-state index contributed by atoms with van der Waals surface area (Å²) in [6, 6.07) is 5.90. The number of hydrogen-bond donors (Lipinski definition) is 3. The van der Waals surface area contributed by atoms with E-state index in [0.29, 0.717) is 13.1 Å². The first-order valence-corrected chi connectivity index (χ1v) is 7.75. The fraction of sp³-hybridized carbons (Fsp3) is 0.500. The summed E-state index contributed by atoms with van der Waals surface area (Å²) in [4.78, 5) is 21.7. The Hall–Kier alpha value is -2.08. The number of fused-ring (bicyclic) bond motifs is 1. The van der Waals surface area contributed by atoms with Crippen LogP contribution in [0.4, 0.5) is 4.79 Å². The Morgan fingerprint density at radius 3 is 3.18 bits per heavy atom. The molecule has 1 atom stereocenters. The maximum Gasteiger partial charge on any atom is 0.317 e. The van der Waals surface area contributed by atoms with Gasteiger partial charge in [-0.25, -0.2) is 9.78 Å². The number of aliphatic hydroxyl groups excluding tert-OH is 1. The number of aliphatic hydroxyl groups is 1. The number of urea groups is 1. The number of piperidine rings is 1. The Kier molecular flexibility index (Phi) is 4.29. The lowest BCUT2D eigenvalue weighted by Gasteiger charge is -2.31. The number of aromatic amines is 1. The summed E-state index contributed by atoms with van der Waals surface area (Å²) in [5, 5.41) is 12.1. The highest BCUT2D eigenvalue weighted by Crippen LogP contribution is 2.17. The normalized spacial score (nSPS) is 18.6. The molecule has 1 aliphatic heterocycles. The molecular weight excluding hydrogens is 280 g/mol. The van der Waals surface area contributed by atoms with Gasteiger partial charge >= 0.3 is 6.03 Å². The molecule has 3 N–H and O–H groups in total. The van der Waals surface area contributed by atoms with Crippen LogP contribution in [0.1, 0.15) is 24.2 Å². The van der Waals surface area contributed by atoms with Crippen LogP contribution >= 0.6 is 0 Å². The van der Waals surface area contributed by atoms with E-state index < -0.39 is 0 Å². The molecule has 2 heterocycles. The summed E-state index contributed by atoms with van der Waals surface area (Å²) in [5.41, 5.74) is 3.06. The number of hydrogen-bond acceptors (Lipinski definition) is 3. The van der Waals surface area contributed by atoms with Crippen LogP contribution in [-0.4, -0.2) is 45.7 Å². The zero-order chi connectivity index (χ0) is 15.5. The summed E-state index contributed by atoms with van der Waals surface area (Å²) in [6.07, 6.45) is 1.94. The van der Waals surface area contributed by atoms with Gasteiger partial charge in [-0.1, -0.05) is 12.1 Å². The van der Waals surface area contributed by atoms with E-state index in [4.69, 9.17) is 0 Å². The summed E-state index contributed by atoms with van der Waals surface area (Å²) in [5.74, 6) is 0.960. The second kappa shape index (κ2) is 6.36. The lowest BCUT2D eigenvalue weighted by molar-refractivity contribution is 0.129. The van der Waals surface area contributed by atoms with Crippen LogP contribution in [0.3, 0.4) is 0 Å². The first-order chi connectivity index (χ1) is 10.7. The van der Waals surface area contributed by atoms with Gasteiger partial charge < -0.3 is 20.3 Å². The summed E-state index contributed by atoms with van der Waals surface area (Å²) >= 11 is 0. The predicted octanol–water partition coefficient (Wildman–Crippen LogP) is 1.79. The lowest BCUT2D eigenvalue weighted by Crippen LogP contribution is -2.46. The van der Waals surface area contributed by atoms with Crippen molar-refractivity contribution in [3.8, 4) is 0 Å². The largest absolute Gasteiger partial charge is 0.396 e. The Balaban J connectivity index is 1.61. The number of likely N-dealkylation sites (tertiary alicyclic amines) is 1. The van der Waals surface area contributed by atoms with Crippen LogP contribution in [0.5, 0.6) is 0 Å². The summed E-state index contributed by atoms with van der Waals surface area (Å²) in [7, 11) is 0. The molecule has 0 aliphatic carbocycles. The van der Waals surface area contributed by atoms with Crippen molar-refractivity contribution in [1.82, 2.24) is 20.2 Å². The van der Waals surface area contributed by atoms with Crippen LogP contribution in [0, 0.1) is 12.8 Å². The van der Waals surface area contributed by atoms with Gasteiger partial charge in [0.1, 0.15) is 5.82 Å². The van der Waals surface area contributed by atoms with Crippen LogP contribution in [0.25, 0.3) is 11.0 Å². The van der Waals surface area contributed by atoms with Crippen molar-refractivity contribution in [3.05, 3.63) is 29.6 Å². The minimum atomic E-state index is -0.0877. The standard InChI is InChI=1S/C16H22N4O2/c1-11-4-2-6-13-15(11)19-14(18-13)8-17-16(22)20-7-3-5-12(9-20)10-21/h2,4,6,12,21H,3,5,7-10H2,1H3,(H,17,22)(H,18,19). The van der Waals surface area contributed by atoms with E-state index in [0.717, 1.165) is 41.8 Å². The number of nitrogens with one attached hydrogen (secondary N) is 2. The maximum absolute atomic E-state index is 12.2. The molecule has 0 bridgehead atoms. The third-order valence-corrected chi connectivity index (χ3v) is 4.23. The first-order valence-electron chi connectivity index (χ1n) is 7.75. The van der Waals surface area contributed by atoms with Gasteiger partial charge in [0, 0.05) is 19.7 Å². The van der Waals surface area contributed by atoms with E-state index in [2.05, 4.69) is 15.3 Å². The molecule has 1 aliphatic rings. The molecule has 1 unspecified atom stereocenters. The van der Waals surface area contributed by atoms with Crippen molar-refractivity contribution in [2.45, 2.75) is 26.3 Å². The zero-order valence-corrected chi connectivity index (χ0v) is 12.8. The number of rotatable bonds is 3. The monoisotopic (exact) mass is 302 g/mol. The van der Waals surface area contributed by atoms with Crippen LogP contribution in [-0.2, 0) is 6.54 Å². The molecule has 0 radical (unpaired) electrons. The van der Waals surface area contributed by atoms with Crippen molar-refractivity contribution in [2.75, 3.05) is 19.7 Å². The number of aromatic nitrogens is 2. The highest BCUT2D eigenvalue weighted by Gasteiger charge is 2.23. The van der Waals surface area contributed by atoms with Crippen LogP contribution in [0.2, 0.25) is 0 Å². The molecule has 6 heteroatoms. The van der Waals surface area contributed by atoms with Gasteiger partial charge in [0.05, 0.1) is 17.6 Å². The van der Waals surface area contributed by atoms with Crippen molar-refractivity contribution < 1.29 is 9.90 Å². The number of imidazole rings is 1. The number of amides is 2. The van der Waals surface area contributed by atoms with E-state index in [1.54, 1.807) is 4.90 Å². The molecule has 0 saturated carbocycles. The molecule has 1 aromatic carbocycles. The zero-order valence-electron chi connectivity index (χ0n) is 12.8. The molecule has 1 fully saturated rings. The van der Waals surface area contributed by atoms with Gasteiger partial charge in [0.25, 0.3) is 0 Å². The number of carbonyl (C=O) groups is 1. The molecule has 0 spiro atoms. The Labute approximate surface area is 129 Å².